The van der Waals surface area contributed by atoms with E-state index in [1.807, 2.05) is 6.92 Å². The highest BCUT2D eigenvalue weighted by Gasteiger charge is 2.12. The molecule has 1 aromatic heterocycles. The summed E-state index contributed by atoms with van der Waals surface area (Å²) in [5.41, 5.74) is 2.17. The van der Waals surface area contributed by atoms with Crippen LogP contribution in [0.15, 0.2) is 51.7 Å². The maximum absolute atomic E-state index is 12.3. The number of nitrogens with zero attached hydrogens (tertiary/aromatic N) is 1. The fourth-order valence-electron chi connectivity index (χ4n) is 2.24. The Morgan fingerprint density at radius 1 is 1.23 bits per heavy atom. The Bertz CT molecular complexity index is 894. The second kappa shape index (κ2) is 5.69. The van der Waals surface area contributed by atoms with Gasteiger partial charge in [0, 0.05) is 22.8 Å². The molecule has 3 rings (SSSR count). The van der Waals surface area contributed by atoms with Crippen LogP contribution in [-0.2, 0) is 6.54 Å². The smallest absolute Gasteiger partial charge is 0.408 e. The van der Waals surface area contributed by atoms with Crippen LogP contribution in [-0.4, -0.2) is 10.5 Å². The fraction of sp³-hybridized carbons (Fsp3) is 0.125. The molecular formula is C16H13ClN2O3. The van der Waals surface area contributed by atoms with Crippen LogP contribution in [0.5, 0.6) is 0 Å². The van der Waals surface area contributed by atoms with Crippen molar-refractivity contribution in [3.05, 3.63) is 63.6 Å². The summed E-state index contributed by atoms with van der Waals surface area (Å²) in [4.78, 5) is 23.9. The van der Waals surface area contributed by atoms with Crippen molar-refractivity contribution in [2.24, 2.45) is 0 Å². The molecule has 5 nitrogen and oxygen atoms in total. The second-order valence-electron chi connectivity index (χ2n) is 4.76. The fourth-order valence-corrected chi connectivity index (χ4v) is 2.37. The van der Waals surface area contributed by atoms with Gasteiger partial charge in [0.2, 0.25) is 0 Å². The zero-order valence-electron chi connectivity index (χ0n) is 11.8. The molecular weight excluding hydrogens is 304 g/mol. The molecule has 0 bridgehead atoms. The van der Waals surface area contributed by atoms with E-state index in [0.29, 0.717) is 33.9 Å². The molecule has 0 saturated carbocycles. The molecule has 6 heteroatoms. The predicted molar refractivity (Wildman–Crippen MR) is 85.6 cm³/mol. The number of aryl methyl sites for hydroxylation is 1. The van der Waals surface area contributed by atoms with Gasteiger partial charge in [0.05, 0.1) is 5.52 Å². The number of benzene rings is 2. The Labute approximate surface area is 131 Å². The molecule has 0 aliphatic heterocycles. The van der Waals surface area contributed by atoms with Crippen LogP contribution in [0.3, 0.4) is 0 Å². The predicted octanol–water partition coefficient (Wildman–Crippen LogP) is 3.52. The molecule has 0 atom stereocenters. The van der Waals surface area contributed by atoms with Gasteiger partial charge in [0.25, 0.3) is 5.91 Å². The first-order valence-electron chi connectivity index (χ1n) is 6.79. The normalized spacial score (nSPS) is 10.8. The highest BCUT2D eigenvalue weighted by atomic mass is 35.5. The minimum absolute atomic E-state index is 0.263. The van der Waals surface area contributed by atoms with Gasteiger partial charge in [-0.3, -0.25) is 9.36 Å². The number of rotatable bonds is 3. The number of carbonyl (C=O) groups excluding carboxylic acids is 1. The van der Waals surface area contributed by atoms with Crippen LogP contribution in [0, 0.1) is 0 Å². The van der Waals surface area contributed by atoms with E-state index < -0.39 is 5.76 Å². The van der Waals surface area contributed by atoms with Crippen molar-refractivity contribution in [1.82, 2.24) is 4.57 Å². The third kappa shape index (κ3) is 2.63. The molecule has 0 aliphatic carbocycles. The van der Waals surface area contributed by atoms with Gasteiger partial charge in [-0.15, -0.1) is 0 Å². The molecule has 1 heterocycles. The summed E-state index contributed by atoms with van der Waals surface area (Å²) in [6.45, 7) is 2.32. The quantitative estimate of drug-likeness (QED) is 0.804. The molecule has 0 fully saturated rings. The Morgan fingerprint density at radius 3 is 2.64 bits per heavy atom. The van der Waals surface area contributed by atoms with Crippen molar-refractivity contribution in [2.75, 3.05) is 5.32 Å². The molecule has 0 aliphatic rings. The van der Waals surface area contributed by atoms with Crippen LogP contribution in [0.25, 0.3) is 11.1 Å². The van der Waals surface area contributed by atoms with Gasteiger partial charge in [0.15, 0.2) is 5.58 Å². The van der Waals surface area contributed by atoms with E-state index in [1.165, 1.54) is 4.57 Å². The highest BCUT2D eigenvalue weighted by molar-refractivity contribution is 6.30. The van der Waals surface area contributed by atoms with Crippen LogP contribution < -0.4 is 11.1 Å². The minimum Gasteiger partial charge on any atom is -0.408 e. The highest BCUT2D eigenvalue weighted by Crippen LogP contribution is 2.18. The summed E-state index contributed by atoms with van der Waals surface area (Å²) in [6, 6.07) is 11.7. The molecule has 3 aromatic rings. The largest absolute Gasteiger partial charge is 0.419 e. The van der Waals surface area contributed by atoms with Gasteiger partial charge >= 0.3 is 5.76 Å². The Kier molecular flexibility index (Phi) is 3.73. The van der Waals surface area contributed by atoms with Gasteiger partial charge in [-0.25, -0.2) is 4.79 Å². The summed E-state index contributed by atoms with van der Waals surface area (Å²) in [6.07, 6.45) is 0. The number of halogens is 1. The maximum atomic E-state index is 12.3. The lowest BCUT2D eigenvalue weighted by Crippen LogP contribution is -2.14. The van der Waals surface area contributed by atoms with Crippen LogP contribution in [0.1, 0.15) is 17.3 Å². The summed E-state index contributed by atoms with van der Waals surface area (Å²) in [7, 11) is 0. The molecule has 0 radical (unpaired) electrons. The van der Waals surface area contributed by atoms with Crippen LogP contribution in [0.4, 0.5) is 5.69 Å². The van der Waals surface area contributed by atoms with Gasteiger partial charge in [-0.05, 0) is 49.4 Å². The van der Waals surface area contributed by atoms with Crippen molar-refractivity contribution >= 4 is 34.3 Å². The molecule has 0 saturated heterocycles. The first kappa shape index (κ1) is 14.4. The number of hydrogen-bond donors (Lipinski definition) is 1. The third-order valence-electron chi connectivity index (χ3n) is 3.35. The number of nitrogens with one attached hydrogen (secondary N) is 1. The van der Waals surface area contributed by atoms with E-state index >= 15 is 0 Å². The lowest BCUT2D eigenvalue weighted by Gasteiger charge is -2.05. The number of aromatic nitrogens is 1. The standard InChI is InChI=1S/C16H13ClN2O3/c1-2-19-13-9-10(3-8-14(13)22-16(19)21)15(20)18-12-6-4-11(17)5-7-12/h3-9H,2H2,1H3,(H,18,20). The van der Waals surface area contributed by atoms with Gasteiger partial charge in [-0.2, -0.15) is 0 Å². The monoisotopic (exact) mass is 316 g/mol. The lowest BCUT2D eigenvalue weighted by molar-refractivity contribution is 0.102. The van der Waals surface area contributed by atoms with Gasteiger partial charge in [-0.1, -0.05) is 11.6 Å². The van der Waals surface area contributed by atoms with E-state index in [-0.39, 0.29) is 5.91 Å². The minimum atomic E-state index is -0.423. The van der Waals surface area contributed by atoms with Crippen LogP contribution >= 0.6 is 11.6 Å². The van der Waals surface area contributed by atoms with E-state index in [0.717, 1.165) is 0 Å². The number of fused-ring (bicyclic) bond motifs is 1. The van der Waals surface area contributed by atoms with Crippen molar-refractivity contribution in [3.63, 3.8) is 0 Å². The molecule has 0 spiro atoms. The van der Waals surface area contributed by atoms with Crippen molar-refractivity contribution in [2.45, 2.75) is 13.5 Å². The third-order valence-corrected chi connectivity index (χ3v) is 3.60. The summed E-state index contributed by atoms with van der Waals surface area (Å²) in [5.74, 6) is -0.687. The number of carbonyl (C=O) groups is 1. The van der Waals surface area contributed by atoms with Gasteiger partial charge in [0.1, 0.15) is 0 Å². The molecule has 112 valence electrons. The number of oxazole rings is 1. The molecule has 1 N–H and O–H groups in total. The van der Waals surface area contributed by atoms with E-state index in [4.69, 9.17) is 16.0 Å². The Balaban J connectivity index is 1.93. The summed E-state index contributed by atoms with van der Waals surface area (Å²) >= 11 is 5.81. The topological polar surface area (TPSA) is 64.2 Å². The Morgan fingerprint density at radius 2 is 1.95 bits per heavy atom. The lowest BCUT2D eigenvalue weighted by atomic mass is 10.2. The van der Waals surface area contributed by atoms with E-state index in [2.05, 4.69) is 5.32 Å². The van der Waals surface area contributed by atoms with Crippen LogP contribution in [0.2, 0.25) is 5.02 Å². The summed E-state index contributed by atoms with van der Waals surface area (Å²) in [5, 5.41) is 3.38. The zero-order valence-corrected chi connectivity index (χ0v) is 12.6. The van der Waals surface area contributed by atoms with Crippen molar-refractivity contribution < 1.29 is 9.21 Å². The average Bonchev–Trinajstić information content (AvgIpc) is 2.83. The SMILES string of the molecule is CCn1c(=O)oc2ccc(C(=O)Nc3ccc(Cl)cc3)cc21. The number of anilines is 1. The second-order valence-corrected chi connectivity index (χ2v) is 5.19. The number of hydrogen-bond acceptors (Lipinski definition) is 3. The van der Waals surface area contributed by atoms with Crippen molar-refractivity contribution in [1.29, 1.82) is 0 Å². The first-order valence-corrected chi connectivity index (χ1v) is 7.16. The van der Waals surface area contributed by atoms with Gasteiger partial charge < -0.3 is 9.73 Å². The Hall–Kier alpha value is -2.53. The molecule has 0 unspecified atom stereocenters. The molecule has 1 amide bonds. The number of amides is 1. The van der Waals surface area contributed by atoms with Crippen molar-refractivity contribution in [3.8, 4) is 0 Å². The zero-order chi connectivity index (χ0) is 15.7. The van der Waals surface area contributed by atoms with E-state index in [9.17, 15) is 9.59 Å². The summed E-state index contributed by atoms with van der Waals surface area (Å²) < 4.78 is 6.60. The molecule has 2 aromatic carbocycles. The maximum Gasteiger partial charge on any atom is 0.419 e. The molecule has 22 heavy (non-hydrogen) atoms. The first-order chi connectivity index (χ1) is 10.6. The van der Waals surface area contributed by atoms with E-state index in [1.54, 1.807) is 42.5 Å². The average molecular weight is 317 g/mol.